The highest BCUT2D eigenvalue weighted by Gasteiger charge is 2.58. The SMILES string of the molecule is CC12CCC(=O)C=C1CC[C@@H]1[C@@H]2CCC2(C)[C@@H](O)CC[C@@H]12. The Kier molecular flexibility index (Phi) is 2.96. The molecular weight excluding hydrogens is 260 g/mol. The second kappa shape index (κ2) is 4.44. The fraction of sp³-hybridized carbons (Fsp3) is 0.842. The maximum atomic E-state index is 11.8. The smallest absolute Gasteiger partial charge is 0.155 e. The Bertz CT molecular complexity index is 508. The molecule has 1 N–H and O–H groups in total. The van der Waals surface area contributed by atoms with Gasteiger partial charge in [-0.05, 0) is 79.6 Å². The van der Waals surface area contributed by atoms with Gasteiger partial charge in [0, 0.05) is 6.42 Å². The van der Waals surface area contributed by atoms with Crippen molar-refractivity contribution in [1.82, 2.24) is 0 Å². The molecule has 0 saturated heterocycles. The molecule has 0 aromatic heterocycles. The molecule has 0 spiro atoms. The molecule has 116 valence electrons. The van der Waals surface area contributed by atoms with Gasteiger partial charge >= 0.3 is 0 Å². The lowest BCUT2D eigenvalue weighted by Crippen LogP contribution is -2.51. The Morgan fingerprint density at radius 2 is 1.86 bits per heavy atom. The van der Waals surface area contributed by atoms with Crippen LogP contribution in [0.1, 0.15) is 65.2 Å². The van der Waals surface area contributed by atoms with Crippen LogP contribution >= 0.6 is 0 Å². The van der Waals surface area contributed by atoms with Crippen LogP contribution in [-0.4, -0.2) is 17.0 Å². The summed E-state index contributed by atoms with van der Waals surface area (Å²) in [6.45, 7) is 4.76. The van der Waals surface area contributed by atoms with E-state index in [1.165, 1.54) is 31.3 Å². The zero-order valence-corrected chi connectivity index (χ0v) is 13.4. The number of aliphatic hydroxyl groups excluding tert-OH is 1. The molecule has 0 aliphatic heterocycles. The van der Waals surface area contributed by atoms with Gasteiger partial charge in [-0.15, -0.1) is 0 Å². The fourth-order valence-corrected chi connectivity index (χ4v) is 6.53. The summed E-state index contributed by atoms with van der Waals surface area (Å²) in [5, 5.41) is 10.4. The molecule has 4 rings (SSSR count). The van der Waals surface area contributed by atoms with Gasteiger partial charge in [0.1, 0.15) is 0 Å². The number of carbonyl (C=O) groups is 1. The Labute approximate surface area is 128 Å². The van der Waals surface area contributed by atoms with Gasteiger partial charge in [0.05, 0.1) is 6.10 Å². The van der Waals surface area contributed by atoms with Crippen LogP contribution in [0, 0.1) is 28.6 Å². The van der Waals surface area contributed by atoms with Gasteiger partial charge in [0.2, 0.25) is 0 Å². The molecule has 3 fully saturated rings. The van der Waals surface area contributed by atoms with E-state index in [0.717, 1.165) is 37.5 Å². The number of aliphatic hydroxyl groups is 1. The molecule has 4 aliphatic rings. The lowest BCUT2D eigenvalue weighted by Gasteiger charge is -2.57. The highest BCUT2D eigenvalue weighted by Crippen LogP contribution is 2.65. The molecule has 4 aliphatic carbocycles. The van der Waals surface area contributed by atoms with Gasteiger partial charge in [-0.1, -0.05) is 19.4 Å². The van der Waals surface area contributed by atoms with Crippen LogP contribution in [0.2, 0.25) is 0 Å². The van der Waals surface area contributed by atoms with E-state index in [1.807, 2.05) is 6.08 Å². The van der Waals surface area contributed by atoms with Gasteiger partial charge in [-0.25, -0.2) is 0 Å². The van der Waals surface area contributed by atoms with Crippen LogP contribution in [0.15, 0.2) is 11.6 Å². The highest BCUT2D eigenvalue weighted by atomic mass is 16.3. The van der Waals surface area contributed by atoms with E-state index in [4.69, 9.17) is 0 Å². The average molecular weight is 288 g/mol. The van der Waals surface area contributed by atoms with Crippen molar-refractivity contribution in [1.29, 1.82) is 0 Å². The minimum Gasteiger partial charge on any atom is -0.393 e. The summed E-state index contributed by atoms with van der Waals surface area (Å²) < 4.78 is 0. The predicted octanol–water partition coefficient (Wildman–Crippen LogP) is 3.88. The van der Waals surface area contributed by atoms with Crippen molar-refractivity contribution < 1.29 is 9.90 Å². The van der Waals surface area contributed by atoms with Crippen molar-refractivity contribution in [3.8, 4) is 0 Å². The Hall–Kier alpha value is -0.630. The first kappa shape index (κ1) is 14.0. The predicted molar refractivity (Wildman–Crippen MR) is 82.7 cm³/mol. The third-order valence-electron chi connectivity index (χ3n) is 7.91. The largest absolute Gasteiger partial charge is 0.393 e. The van der Waals surface area contributed by atoms with Gasteiger partial charge in [-0.3, -0.25) is 4.79 Å². The summed E-state index contributed by atoms with van der Waals surface area (Å²) >= 11 is 0. The zero-order valence-electron chi connectivity index (χ0n) is 13.4. The molecule has 0 radical (unpaired) electrons. The van der Waals surface area contributed by atoms with Crippen molar-refractivity contribution >= 4 is 5.78 Å². The molecule has 3 saturated carbocycles. The molecule has 21 heavy (non-hydrogen) atoms. The van der Waals surface area contributed by atoms with Crippen molar-refractivity contribution in [3.63, 3.8) is 0 Å². The quantitative estimate of drug-likeness (QED) is 0.734. The fourth-order valence-electron chi connectivity index (χ4n) is 6.53. The summed E-state index contributed by atoms with van der Waals surface area (Å²) in [5.74, 6) is 2.57. The average Bonchev–Trinajstić information content (AvgIpc) is 2.76. The molecule has 0 heterocycles. The van der Waals surface area contributed by atoms with Gasteiger partial charge < -0.3 is 5.11 Å². The summed E-state index contributed by atoms with van der Waals surface area (Å²) in [4.78, 5) is 11.8. The Morgan fingerprint density at radius 3 is 2.67 bits per heavy atom. The first-order valence-corrected chi connectivity index (χ1v) is 8.87. The van der Waals surface area contributed by atoms with Gasteiger partial charge in [-0.2, -0.15) is 0 Å². The second-order valence-electron chi connectivity index (χ2n) is 8.61. The molecule has 2 heteroatoms. The zero-order chi connectivity index (χ0) is 14.8. The minimum absolute atomic E-state index is 0.0823. The summed E-state index contributed by atoms with van der Waals surface area (Å²) in [7, 11) is 0. The third-order valence-corrected chi connectivity index (χ3v) is 7.91. The number of hydrogen-bond donors (Lipinski definition) is 1. The number of fused-ring (bicyclic) bond motifs is 5. The van der Waals surface area contributed by atoms with Crippen LogP contribution in [0.25, 0.3) is 0 Å². The van der Waals surface area contributed by atoms with Gasteiger partial charge in [0.15, 0.2) is 5.78 Å². The first-order chi connectivity index (χ1) is 9.95. The molecule has 0 aromatic carbocycles. The van der Waals surface area contributed by atoms with Crippen LogP contribution in [0.3, 0.4) is 0 Å². The summed E-state index contributed by atoms with van der Waals surface area (Å²) in [5.41, 5.74) is 1.89. The lowest BCUT2D eigenvalue weighted by atomic mass is 9.47. The van der Waals surface area contributed by atoms with E-state index < -0.39 is 0 Å². The van der Waals surface area contributed by atoms with Crippen LogP contribution in [-0.2, 0) is 4.79 Å². The highest BCUT2D eigenvalue weighted by molar-refractivity contribution is 5.91. The molecular formula is C19H28O2. The van der Waals surface area contributed by atoms with Crippen LogP contribution in [0.4, 0.5) is 0 Å². The topological polar surface area (TPSA) is 37.3 Å². The van der Waals surface area contributed by atoms with Crippen molar-refractivity contribution in [2.45, 2.75) is 71.3 Å². The van der Waals surface area contributed by atoms with E-state index >= 15 is 0 Å². The van der Waals surface area contributed by atoms with E-state index in [9.17, 15) is 9.90 Å². The van der Waals surface area contributed by atoms with Crippen molar-refractivity contribution in [3.05, 3.63) is 11.6 Å². The molecule has 6 atom stereocenters. The van der Waals surface area contributed by atoms with E-state index in [-0.39, 0.29) is 16.9 Å². The first-order valence-electron chi connectivity index (χ1n) is 8.87. The molecule has 0 aromatic rings. The number of ketones is 1. The lowest BCUT2D eigenvalue weighted by molar-refractivity contribution is -0.118. The second-order valence-corrected chi connectivity index (χ2v) is 8.61. The standard InChI is InChI=1S/C19H28O2/c1-18-9-7-13(20)11-12(18)3-4-14-15-5-6-17(21)19(15,2)10-8-16(14)18/h11,14-17,21H,3-10H2,1-2H3/t14-,15-,16-,17-,18?,19?/m0/s1. The third kappa shape index (κ3) is 1.78. The maximum absolute atomic E-state index is 11.8. The number of allylic oxidation sites excluding steroid dienone is 1. The maximum Gasteiger partial charge on any atom is 0.155 e. The summed E-state index contributed by atoms with van der Waals surface area (Å²) in [6, 6.07) is 0. The number of hydrogen-bond acceptors (Lipinski definition) is 2. The van der Waals surface area contributed by atoms with Crippen molar-refractivity contribution in [2.24, 2.45) is 28.6 Å². The molecule has 2 nitrogen and oxygen atoms in total. The molecule has 2 unspecified atom stereocenters. The minimum atomic E-state index is -0.0823. The van der Waals surface area contributed by atoms with Crippen LogP contribution < -0.4 is 0 Å². The summed E-state index contributed by atoms with van der Waals surface area (Å²) in [6.07, 6.45) is 10.7. The number of rotatable bonds is 0. The Morgan fingerprint density at radius 1 is 1.05 bits per heavy atom. The molecule has 0 bridgehead atoms. The normalized spacial score (nSPS) is 52.7. The van der Waals surface area contributed by atoms with Gasteiger partial charge in [0.25, 0.3) is 0 Å². The van der Waals surface area contributed by atoms with E-state index in [1.54, 1.807) is 0 Å². The number of carbonyl (C=O) groups excluding carboxylic acids is 1. The Balaban J connectivity index is 1.69. The van der Waals surface area contributed by atoms with Crippen LogP contribution in [0.5, 0.6) is 0 Å². The monoisotopic (exact) mass is 288 g/mol. The van der Waals surface area contributed by atoms with E-state index in [2.05, 4.69) is 13.8 Å². The van der Waals surface area contributed by atoms with E-state index in [0.29, 0.717) is 11.7 Å². The molecule has 0 amide bonds. The van der Waals surface area contributed by atoms with Crippen molar-refractivity contribution in [2.75, 3.05) is 0 Å².